The van der Waals surface area contributed by atoms with Gasteiger partial charge in [-0.2, -0.15) is 0 Å². The molecule has 59 heavy (non-hydrogen) atoms. The first kappa shape index (κ1) is 36.5. The molecule has 11 rings (SSSR count). The van der Waals surface area contributed by atoms with Gasteiger partial charge in [0.15, 0.2) is 0 Å². The lowest BCUT2D eigenvalue weighted by Crippen LogP contribution is -2.59. The first-order chi connectivity index (χ1) is 28.8. The summed E-state index contributed by atoms with van der Waals surface area (Å²) in [5, 5.41) is 12.6. The fourth-order valence-electron chi connectivity index (χ4n) is 11.5. The standard InChI is InChI=1S/C48H51N5O6/c54-35-10-11-37-42(22-35)58-27-39(31-4-2-1-3-5-31)44(37)32-6-8-33(9-7-32)51-28-48(29-51)18-16-30(17-19-48)23-50-20-21-52-34(24-50)26-59-45-38-25-53(41-14-15-43(55)49-46(41)56)47(57)36(38)12-13-40(45)52/h1-13,22,30,34,39,41,44,54H,14-21,23-29H2,(H,49,55,56)/t34-,39-,41+,44-/m1/s1. The highest BCUT2D eigenvalue weighted by Gasteiger charge is 2.47. The smallest absolute Gasteiger partial charge is 0.255 e. The molecule has 11 heteroatoms. The van der Waals surface area contributed by atoms with E-state index in [-0.39, 0.29) is 41.9 Å². The van der Waals surface area contributed by atoms with Gasteiger partial charge in [0.1, 0.15) is 29.9 Å². The Kier molecular flexibility index (Phi) is 8.87. The van der Waals surface area contributed by atoms with E-state index < -0.39 is 11.9 Å². The van der Waals surface area contributed by atoms with Crippen LogP contribution < -0.4 is 24.6 Å². The maximum atomic E-state index is 13.4. The van der Waals surface area contributed by atoms with E-state index in [2.05, 4.69) is 74.6 Å². The minimum absolute atomic E-state index is 0.144. The maximum absolute atomic E-state index is 13.4. The lowest BCUT2D eigenvalue weighted by Gasteiger charge is -2.55. The second kappa shape index (κ2) is 14.3. The Hall–Kier alpha value is -5.55. The molecule has 4 aromatic carbocycles. The minimum atomic E-state index is -0.631. The van der Waals surface area contributed by atoms with Crippen LogP contribution in [0.5, 0.6) is 17.2 Å². The van der Waals surface area contributed by atoms with E-state index in [1.54, 1.807) is 17.0 Å². The zero-order valence-corrected chi connectivity index (χ0v) is 33.4. The molecule has 0 aromatic heterocycles. The van der Waals surface area contributed by atoms with Crippen molar-refractivity contribution in [3.63, 3.8) is 0 Å². The molecule has 4 aromatic rings. The Labute approximate surface area is 344 Å². The minimum Gasteiger partial charge on any atom is -0.508 e. The number of hydrogen-bond acceptors (Lipinski definition) is 9. The van der Waals surface area contributed by atoms with Crippen molar-refractivity contribution in [3.05, 3.63) is 113 Å². The van der Waals surface area contributed by atoms with Gasteiger partial charge in [0, 0.05) is 91.4 Å². The van der Waals surface area contributed by atoms with Crippen molar-refractivity contribution >= 4 is 29.1 Å². The second-order valence-electron chi connectivity index (χ2n) is 18.2. The molecule has 4 fully saturated rings. The van der Waals surface area contributed by atoms with Crippen molar-refractivity contribution in [1.29, 1.82) is 0 Å². The van der Waals surface area contributed by atoms with E-state index >= 15 is 0 Å². The molecule has 1 aliphatic carbocycles. The number of amides is 3. The number of rotatable bonds is 6. The molecule has 1 spiro atoms. The third-order valence-electron chi connectivity index (χ3n) is 14.7. The summed E-state index contributed by atoms with van der Waals surface area (Å²) in [4.78, 5) is 47.0. The van der Waals surface area contributed by atoms with Crippen molar-refractivity contribution in [2.45, 2.75) is 69.0 Å². The lowest BCUT2D eigenvalue weighted by atomic mass is 9.65. The third-order valence-corrected chi connectivity index (χ3v) is 14.7. The number of phenolic OH excluding ortho intramolecular Hbond substituents is 1. The summed E-state index contributed by atoms with van der Waals surface area (Å²) in [6.45, 7) is 7.78. The summed E-state index contributed by atoms with van der Waals surface area (Å²) in [5.41, 5.74) is 7.90. The van der Waals surface area contributed by atoms with Crippen molar-refractivity contribution in [1.82, 2.24) is 15.1 Å². The van der Waals surface area contributed by atoms with Crippen molar-refractivity contribution in [3.8, 4) is 17.2 Å². The Balaban J connectivity index is 0.688. The molecule has 7 aliphatic rings. The van der Waals surface area contributed by atoms with E-state index in [0.29, 0.717) is 43.1 Å². The van der Waals surface area contributed by atoms with Gasteiger partial charge in [-0.1, -0.05) is 48.5 Å². The van der Waals surface area contributed by atoms with Crippen molar-refractivity contribution in [2.75, 3.05) is 62.3 Å². The number of benzene rings is 4. The predicted octanol–water partition coefficient (Wildman–Crippen LogP) is 6.04. The molecule has 0 unspecified atom stereocenters. The fraction of sp³-hybridized carbons (Fsp3) is 0.438. The van der Waals surface area contributed by atoms with Gasteiger partial charge in [0.2, 0.25) is 11.8 Å². The number of carbonyl (C=O) groups is 3. The van der Waals surface area contributed by atoms with Crippen molar-refractivity contribution in [2.24, 2.45) is 11.3 Å². The number of imide groups is 1. The van der Waals surface area contributed by atoms with E-state index in [4.69, 9.17) is 9.47 Å². The number of nitrogens with one attached hydrogen (secondary N) is 1. The summed E-state index contributed by atoms with van der Waals surface area (Å²) < 4.78 is 12.6. The highest BCUT2D eigenvalue weighted by molar-refractivity contribution is 6.06. The summed E-state index contributed by atoms with van der Waals surface area (Å²) in [6.07, 6.45) is 5.73. The highest BCUT2D eigenvalue weighted by Crippen LogP contribution is 2.50. The highest BCUT2D eigenvalue weighted by atomic mass is 16.5. The quantitative estimate of drug-likeness (QED) is 0.226. The van der Waals surface area contributed by atoms with Gasteiger partial charge in [0.25, 0.3) is 5.91 Å². The van der Waals surface area contributed by atoms with Crippen LogP contribution in [0.3, 0.4) is 0 Å². The average molecular weight is 794 g/mol. The molecular formula is C48H51N5O6. The van der Waals surface area contributed by atoms with E-state index in [0.717, 1.165) is 67.6 Å². The van der Waals surface area contributed by atoms with Crippen LogP contribution in [-0.2, 0) is 16.1 Å². The van der Waals surface area contributed by atoms with Gasteiger partial charge in [-0.15, -0.1) is 0 Å². The summed E-state index contributed by atoms with van der Waals surface area (Å²) in [6, 6.07) is 29.0. The molecule has 6 aliphatic heterocycles. The van der Waals surface area contributed by atoms with Gasteiger partial charge < -0.3 is 29.3 Å². The number of piperidine rings is 1. The Morgan fingerprint density at radius 1 is 0.814 bits per heavy atom. The zero-order valence-electron chi connectivity index (χ0n) is 33.4. The number of carbonyl (C=O) groups excluding carboxylic acids is 3. The van der Waals surface area contributed by atoms with Crippen LogP contribution in [0.15, 0.2) is 84.9 Å². The molecule has 3 saturated heterocycles. The third kappa shape index (κ3) is 6.40. The molecule has 1 saturated carbocycles. The zero-order chi connectivity index (χ0) is 39.8. The van der Waals surface area contributed by atoms with Crippen LogP contribution in [-0.4, -0.2) is 97.2 Å². The second-order valence-corrected chi connectivity index (χ2v) is 18.2. The number of aromatic hydroxyl groups is 1. The van der Waals surface area contributed by atoms with E-state index in [9.17, 15) is 19.5 Å². The largest absolute Gasteiger partial charge is 0.508 e. The summed E-state index contributed by atoms with van der Waals surface area (Å²) in [7, 11) is 0. The molecule has 304 valence electrons. The Morgan fingerprint density at radius 2 is 1.63 bits per heavy atom. The molecule has 11 nitrogen and oxygen atoms in total. The average Bonchev–Trinajstić information content (AvgIpc) is 3.58. The normalized spacial score (nSPS) is 26.2. The van der Waals surface area contributed by atoms with Crippen LogP contribution in [0, 0.1) is 11.3 Å². The van der Waals surface area contributed by atoms with E-state index in [1.165, 1.54) is 42.5 Å². The molecule has 6 heterocycles. The molecular weight excluding hydrogens is 743 g/mol. The number of piperazine rings is 1. The molecule has 0 radical (unpaired) electrons. The molecule has 4 atom stereocenters. The molecule has 3 amide bonds. The van der Waals surface area contributed by atoms with Crippen LogP contribution in [0.4, 0.5) is 11.4 Å². The van der Waals surface area contributed by atoms with Gasteiger partial charge in [-0.3, -0.25) is 24.6 Å². The predicted molar refractivity (Wildman–Crippen MR) is 223 cm³/mol. The fourth-order valence-corrected chi connectivity index (χ4v) is 11.5. The number of anilines is 2. The number of ether oxygens (including phenoxy) is 2. The van der Waals surface area contributed by atoms with Gasteiger partial charge in [0.05, 0.1) is 24.9 Å². The maximum Gasteiger partial charge on any atom is 0.255 e. The Bertz CT molecular complexity index is 2300. The topological polar surface area (TPSA) is 115 Å². The SMILES string of the molecule is O=C1CC[C@H](N2Cc3c(ccc4c3OC[C@H]3CN(CC5CCC6(CC5)CN(c5ccc([C@@H]7c8ccc(O)cc8OC[C@@H]7c7ccccc7)cc5)C6)CCN43)C2=O)C(=O)N1. The van der Waals surface area contributed by atoms with Crippen LogP contribution in [0.25, 0.3) is 0 Å². The number of nitrogens with zero attached hydrogens (tertiary/aromatic N) is 4. The monoisotopic (exact) mass is 793 g/mol. The molecule has 0 bridgehead atoms. The van der Waals surface area contributed by atoms with Gasteiger partial charge >= 0.3 is 0 Å². The number of fused-ring (bicyclic) bond motifs is 6. The van der Waals surface area contributed by atoms with Crippen LogP contribution >= 0.6 is 0 Å². The summed E-state index contributed by atoms with van der Waals surface area (Å²) in [5.74, 6) is 2.00. The first-order valence-corrected chi connectivity index (χ1v) is 21.6. The van der Waals surface area contributed by atoms with Gasteiger partial charge in [-0.25, -0.2) is 0 Å². The number of phenols is 1. The van der Waals surface area contributed by atoms with Crippen LogP contribution in [0.1, 0.15) is 83.0 Å². The lowest BCUT2D eigenvalue weighted by molar-refractivity contribution is -0.136. The summed E-state index contributed by atoms with van der Waals surface area (Å²) >= 11 is 0. The number of hydrogen-bond donors (Lipinski definition) is 2. The van der Waals surface area contributed by atoms with Gasteiger partial charge in [-0.05, 0) is 79.5 Å². The van der Waals surface area contributed by atoms with E-state index in [1.807, 2.05) is 18.2 Å². The van der Waals surface area contributed by atoms with Crippen molar-refractivity contribution < 1.29 is 29.0 Å². The first-order valence-electron chi connectivity index (χ1n) is 21.6. The van der Waals surface area contributed by atoms with Crippen LogP contribution in [0.2, 0.25) is 0 Å². The molecule has 2 N–H and O–H groups in total. The Morgan fingerprint density at radius 3 is 2.42 bits per heavy atom.